The predicted octanol–water partition coefficient (Wildman–Crippen LogP) is 5.29. The molecule has 1 fully saturated rings. The van der Waals surface area contributed by atoms with Crippen molar-refractivity contribution in [2.24, 2.45) is 0 Å². The molecule has 0 radical (unpaired) electrons. The topological polar surface area (TPSA) is 51.2 Å². The number of anilines is 1. The first kappa shape index (κ1) is 23.8. The number of para-hydroxylation sites is 1. The summed E-state index contributed by atoms with van der Waals surface area (Å²) in [6.45, 7) is 5.58. The highest BCUT2D eigenvalue weighted by Crippen LogP contribution is 2.28. The van der Waals surface area contributed by atoms with Crippen LogP contribution in [0.25, 0.3) is 0 Å². The van der Waals surface area contributed by atoms with Crippen LogP contribution in [-0.2, 0) is 6.61 Å². The Bertz CT molecular complexity index is 1110. The van der Waals surface area contributed by atoms with Crippen LogP contribution in [0.15, 0.2) is 66.7 Å². The summed E-state index contributed by atoms with van der Waals surface area (Å²) in [7, 11) is 1.66. The van der Waals surface area contributed by atoms with E-state index in [9.17, 15) is 4.79 Å². The van der Waals surface area contributed by atoms with Gasteiger partial charge in [-0.2, -0.15) is 0 Å². The van der Waals surface area contributed by atoms with Gasteiger partial charge in [-0.3, -0.25) is 4.79 Å². The predicted molar refractivity (Wildman–Crippen MR) is 135 cm³/mol. The number of carbonyl (C=O) groups excluding carboxylic acids is 1. The van der Waals surface area contributed by atoms with Crippen LogP contribution in [0.1, 0.15) is 22.8 Å². The van der Waals surface area contributed by atoms with Crippen LogP contribution < -0.4 is 19.1 Å². The molecule has 0 unspecified atom stereocenters. The summed E-state index contributed by atoms with van der Waals surface area (Å²) < 4.78 is 16.9. The molecule has 0 spiro atoms. The van der Waals surface area contributed by atoms with Gasteiger partial charge in [-0.1, -0.05) is 23.7 Å². The third-order valence-electron chi connectivity index (χ3n) is 5.83. The van der Waals surface area contributed by atoms with Gasteiger partial charge >= 0.3 is 0 Å². The van der Waals surface area contributed by atoms with Gasteiger partial charge < -0.3 is 24.0 Å². The Morgan fingerprint density at radius 2 is 1.65 bits per heavy atom. The molecule has 1 amide bonds. The van der Waals surface area contributed by atoms with Crippen molar-refractivity contribution < 1.29 is 19.0 Å². The Kier molecular flexibility index (Phi) is 7.80. The Morgan fingerprint density at radius 3 is 2.32 bits per heavy atom. The summed E-state index contributed by atoms with van der Waals surface area (Å²) in [5.74, 6) is 2.15. The van der Waals surface area contributed by atoms with Gasteiger partial charge in [0, 0.05) is 43.0 Å². The molecular formula is C27H29ClN2O4. The van der Waals surface area contributed by atoms with E-state index in [1.54, 1.807) is 13.2 Å². The van der Waals surface area contributed by atoms with Gasteiger partial charge in [0.1, 0.15) is 23.9 Å². The molecule has 0 N–H and O–H groups in total. The van der Waals surface area contributed by atoms with Crippen molar-refractivity contribution >= 4 is 23.2 Å². The zero-order chi connectivity index (χ0) is 23.9. The lowest BCUT2D eigenvalue weighted by Gasteiger charge is -2.36. The monoisotopic (exact) mass is 480 g/mol. The summed E-state index contributed by atoms with van der Waals surface area (Å²) in [6, 6.07) is 20.9. The second kappa shape index (κ2) is 11.2. The molecule has 7 heteroatoms. The van der Waals surface area contributed by atoms with Crippen molar-refractivity contribution in [1.82, 2.24) is 4.90 Å². The highest BCUT2D eigenvalue weighted by Gasteiger charge is 2.23. The number of carbonyl (C=O) groups is 1. The van der Waals surface area contributed by atoms with Gasteiger partial charge in [0.05, 0.1) is 18.7 Å². The molecule has 3 aromatic carbocycles. The number of benzene rings is 3. The third kappa shape index (κ3) is 5.57. The van der Waals surface area contributed by atoms with E-state index in [1.165, 1.54) is 0 Å². The second-order valence-electron chi connectivity index (χ2n) is 7.95. The summed E-state index contributed by atoms with van der Waals surface area (Å²) in [5, 5.41) is 0.544. The number of nitrogens with zero attached hydrogens (tertiary/aromatic N) is 2. The zero-order valence-corrected chi connectivity index (χ0v) is 20.3. The Labute approximate surface area is 205 Å². The molecule has 3 aromatic rings. The average Bonchev–Trinajstić information content (AvgIpc) is 2.89. The van der Waals surface area contributed by atoms with Crippen LogP contribution >= 0.6 is 11.6 Å². The molecule has 0 aliphatic carbocycles. The fraction of sp³-hybridized carbons (Fsp3) is 0.296. The lowest BCUT2D eigenvalue weighted by Crippen LogP contribution is -2.48. The molecule has 34 heavy (non-hydrogen) atoms. The van der Waals surface area contributed by atoms with E-state index in [2.05, 4.69) is 4.90 Å². The molecule has 1 aliphatic rings. The fourth-order valence-corrected chi connectivity index (χ4v) is 4.17. The first-order valence-corrected chi connectivity index (χ1v) is 11.8. The van der Waals surface area contributed by atoms with E-state index in [1.807, 2.05) is 72.5 Å². The highest BCUT2D eigenvalue weighted by atomic mass is 35.5. The summed E-state index contributed by atoms with van der Waals surface area (Å²) >= 11 is 6.22. The molecular weight excluding hydrogens is 452 g/mol. The number of amides is 1. The van der Waals surface area contributed by atoms with Crippen LogP contribution in [-0.4, -0.2) is 50.7 Å². The zero-order valence-electron chi connectivity index (χ0n) is 19.5. The van der Waals surface area contributed by atoms with E-state index in [0.29, 0.717) is 41.8 Å². The smallest absolute Gasteiger partial charge is 0.253 e. The normalized spacial score (nSPS) is 13.5. The molecule has 6 nitrogen and oxygen atoms in total. The lowest BCUT2D eigenvalue weighted by molar-refractivity contribution is 0.0746. The largest absolute Gasteiger partial charge is 0.497 e. The maximum Gasteiger partial charge on any atom is 0.253 e. The molecule has 178 valence electrons. The molecule has 1 aliphatic heterocycles. The molecule has 0 atom stereocenters. The maximum absolute atomic E-state index is 13.3. The van der Waals surface area contributed by atoms with Crippen molar-refractivity contribution in [2.45, 2.75) is 13.5 Å². The van der Waals surface area contributed by atoms with E-state index in [0.717, 1.165) is 30.1 Å². The number of hydrogen-bond donors (Lipinski definition) is 0. The molecule has 4 rings (SSSR count). The number of ether oxygens (including phenoxy) is 3. The van der Waals surface area contributed by atoms with Crippen molar-refractivity contribution in [2.75, 3.05) is 44.8 Å². The minimum absolute atomic E-state index is 0.0106. The second-order valence-corrected chi connectivity index (χ2v) is 8.36. The Hall–Kier alpha value is -3.38. The van der Waals surface area contributed by atoms with E-state index in [4.69, 9.17) is 25.8 Å². The number of halogens is 1. The van der Waals surface area contributed by atoms with Crippen molar-refractivity contribution in [3.8, 4) is 17.2 Å². The standard InChI is InChI=1S/C27H29ClN2O4/c1-3-33-25-13-8-20(18-21(25)19-34-26-7-5-4-6-24(26)28)27(31)30-16-14-29(15-17-30)22-9-11-23(32-2)12-10-22/h4-13,18H,3,14-17,19H2,1-2H3. The molecule has 0 bridgehead atoms. The fourth-order valence-electron chi connectivity index (χ4n) is 3.98. The van der Waals surface area contributed by atoms with Crippen LogP contribution in [0.5, 0.6) is 17.2 Å². The molecule has 1 saturated heterocycles. The SMILES string of the molecule is CCOc1ccc(C(=O)N2CCN(c3ccc(OC)cc3)CC2)cc1COc1ccccc1Cl. The van der Waals surface area contributed by atoms with Gasteiger partial charge in [-0.15, -0.1) is 0 Å². The minimum Gasteiger partial charge on any atom is -0.497 e. The first-order chi connectivity index (χ1) is 16.6. The Balaban J connectivity index is 1.43. The number of rotatable bonds is 8. The molecule has 0 saturated carbocycles. The number of hydrogen-bond acceptors (Lipinski definition) is 5. The van der Waals surface area contributed by atoms with E-state index >= 15 is 0 Å². The van der Waals surface area contributed by atoms with Gasteiger partial charge in [-0.25, -0.2) is 0 Å². The van der Waals surface area contributed by atoms with Crippen LogP contribution in [0.3, 0.4) is 0 Å². The number of methoxy groups -OCH3 is 1. The average molecular weight is 481 g/mol. The van der Waals surface area contributed by atoms with Crippen LogP contribution in [0.2, 0.25) is 5.02 Å². The van der Waals surface area contributed by atoms with Gasteiger partial charge in [0.15, 0.2) is 0 Å². The van der Waals surface area contributed by atoms with E-state index in [-0.39, 0.29) is 12.5 Å². The first-order valence-electron chi connectivity index (χ1n) is 11.4. The maximum atomic E-state index is 13.3. The summed E-state index contributed by atoms with van der Waals surface area (Å²) in [5.41, 5.74) is 2.57. The Morgan fingerprint density at radius 1 is 0.912 bits per heavy atom. The third-order valence-corrected chi connectivity index (χ3v) is 6.14. The van der Waals surface area contributed by atoms with Crippen molar-refractivity contribution in [3.05, 3.63) is 82.9 Å². The van der Waals surface area contributed by atoms with Gasteiger partial charge in [0.25, 0.3) is 5.91 Å². The summed E-state index contributed by atoms with van der Waals surface area (Å²) in [4.78, 5) is 17.4. The molecule has 0 aromatic heterocycles. The highest BCUT2D eigenvalue weighted by molar-refractivity contribution is 6.32. The van der Waals surface area contributed by atoms with Gasteiger partial charge in [0.2, 0.25) is 0 Å². The van der Waals surface area contributed by atoms with Crippen LogP contribution in [0.4, 0.5) is 5.69 Å². The molecule has 1 heterocycles. The quantitative estimate of drug-likeness (QED) is 0.438. The number of piperazine rings is 1. The minimum atomic E-state index is 0.0106. The lowest BCUT2D eigenvalue weighted by atomic mass is 10.1. The summed E-state index contributed by atoms with van der Waals surface area (Å²) in [6.07, 6.45) is 0. The van der Waals surface area contributed by atoms with E-state index < -0.39 is 0 Å². The van der Waals surface area contributed by atoms with Crippen LogP contribution in [0, 0.1) is 0 Å². The van der Waals surface area contributed by atoms with Gasteiger partial charge in [-0.05, 0) is 61.5 Å². The van der Waals surface area contributed by atoms with Crippen molar-refractivity contribution in [3.63, 3.8) is 0 Å². The van der Waals surface area contributed by atoms with Crippen molar-refractivity contribution in [1.29, 1.82) is 0 Å².